The third-order valence-electron chi connectivity index (χ3n) is 5.39. The molecule has 0 aliphatic carbocycles. The Morgan fingerprint density at radius 1 is 1.16 bits per heavy atom. The van der Waals surface area contributed by atoms with Crippen molar-refractivity contribution in [3.05, 3.63) is 80.1 Å². The van der Waals surface area contributed by atoms with Crippen LogP contribution in [0.4, 0.5) is 11.5 Å². The Hall–Kier alpha value is -3.78. The van der Waals surface area contributed by atoms with Gasteiger partial charge in [0.25, 0.3) is 5.56 Å². The quantitative estimate of drug-likeness (QED) is 0.498. The van der Waals surface area contributed by atoms with Gasteiger partial charge in [0.15, 0.2) is 5.01 Å². The second kappa shape index (κ2) is 7.72. The molecule has 0 spiro atoms. The van der Waals surface area contributed by atoms with Crippen molar-refractivity contribution in [3.63, 3.8) is 0 Å². The van der Waals surface area contributed by atoms with Gasteiger partial charge >= 0.3 is 0 Å². The van der Waals surface area contributed by atoms with Crippen LogP contribution in [0, 0.1) is 13.8 Å². The molecule has 0 saturated carbocycles. The van der Waals surface area contributed by atoms with Crippen molar-refractivity contribution in [1.82, 2.24) is 14.6 Å². The van der Waals surface area contributed by atoms with Crippen LogP contribution in [0.3, 0.4) is 0 Å². The minimum absolute atomic E-state index is 0.250. The minimum Gasteiger partial charge on any atom is -0.486 e. The first-order valence-electron chi connectivity index (χ1n) is 10.2. The number of aliphatic imine (C=N–C) groups is 1. The first-order valence-corrected chi connectivity index (χ1v) is 11.0. The van der Waals surface area contributed by atoms with Crippen LogP contribution >= 0.6 is 11.3 Å². The number of para-hydroxylation sites is 1. The maximum absolute atomic E-state index is 12.8. The molecule has 160 valence electrons. The highest BCUT2D eigenvalue weighted by atomic mass is 32.1. The van der Waals surface area contributed by atoms with Crippen molar-refractivity contribution in [1.29, 1.82) is 0 Å². The summed E-state index contributed by atoms with van der Waals surface area (Å²) < 4.78 is 7.39. The summed E-state index contributed by atoms with van der Waals surface area (Å²) in [5.41, 5.74) is 12.0. The van der Waals surface area contributed by atoms with Crippen LogP contribution in [-0.2, 0) is 6.61 Å². The number of anilines is 1. The molecule has 2 aromatic carbocycles. The van der Waals surface area contributed by atoms with Gasteiger partial charge in [-0.1, -0.05) is 41.2 Å². The second-order valence-electron chi connectivity index (χ2n) is 7.74. The molecule has 0 amide bonds. The fraction of sp³-hybridized carbons (Fsp3) is 0.167. The third-order valence-corrected chi connectivity index (χ3v) is 6.27. The number of benzene rings is 2. The summed E-state index contributed by atoms with van der Waals surface area (Å²) in [5, 5.41) is 5.21. The summed E-state index contributed by atoms with van der Waals surface area (Å²) in [7, 11) is 0. The minimum atomic E-state index is -0.390. The van der Waals surface area contributed by atoms with Gasteiger partial charge in [0.1, 0.15) is 18.2 Å². The SMILES string of the molecule is CC1=Nc2ccc(C)cc2/C1=C/c1c(N)n2nc(COc3ccccc3C)sc2nc1=O. The molecule has 1 aliphatic rings. The van der Waals surface area contributed by atoms with Crippen molar-refractivity contribution < 1.29 is 4.74 Å². The predicted octanol–water partition coefficient (Wildman–Crippen LogP) is 4.58. The van der Waals surface area contributed by atoms with Crippen molar-refractivity contribution in [2.75, 3.05) is 5.73 Å². The van der Waals surface area contributed by atoms with Gasteiger partial charge in [0, 0.05) is 16.8 Å². The first kappa shape index (κ1) is 20.1. The first-order chi connectivity index (χ1) is 15.4. The Bertz CT molecular complexity index is 1500. The Labute approximate surface area is 188 Å². The van der Waals surface area contributed by atoms with Crippen LogP contribution in [0.2, 0.25) is 0 Å². The monoisotopic (exact) mass is 443 g/mol. The molecule has 4 aromatic rings. The molecule has 5 rings (SSSR count). The molecule has 0 saturated heterocycles. The number of hydrogen-bond acceptors (Lipinski definition) is 7. The van der Waals surface area contributed by atoms with E-state index in [-0.39, 0.29) is 18.0 Å². The van der Waals surface area contributed by atoms with E-state index in [0.29, 0.717) is 15.5 Å². The van der Waals surface area contributed by atoms with Gasteiger partial charge in [-0.3, -0.25) is 9.79 Å². The Morgan fingerprint density at radius 3 is 2.78 bits per heavy atom. The number of hydrogen-bond donors (Lipinski definition) is 1. The van der Waals surface area contributed by atoms with E-state index in [2.05, 4.69) is 21.1 Å². The molecule has 0 radical (unpaired) electrons. The van der Waals surface area contributed by atoms with Crippen LogP contribution in [0.5, 0.6) is 5.75 Å². The van der Waals surface area contributed by atoms with Crippen molar-refractivity contribution >= 4 is 45.2 Å². The molecule has 2 aromatic heterocycles. The van der Waals surface area contributed by atoms with Crippen LogP contribution in [0.25, 0.3) is 16.6 Å². The van der Waals surface area contributed by atoms with Crippen LogP contribution in [0.1, 0.15) is 34.2 Å². The van der Waals surface area contributed by atoms with E-state index >= 15 is 0 Å². The zero-order valence-electron chi connectivity index (χ0n) is 17.9. The van der Waals surface area contributed by atoms with E-state index in [9.17, 15) is 4.79 Å². The van der Waals surface area contributed by atoms with E-state index in [1.54, 1.807) is 6.08 Å². The van der Waals surface area contributed by atoms with Crippen LogP contribution < -0.4 is 16.0 Å². The Kier molecular flexibility index (Phi) is 4.86. The normalized spacial score (nSPS) is 14.1. The molecule has 0 unspecified atom stereocenters. The molecule has 32 heavy (non-hydrogen) atoms. The summed E-state index contributed by atoms with van der Waals surface area (Å²) >= 11 is 1.28. The number of ether oxygens (including phenoxy) is 1. The van der Waals surface area contributed by atoms with E-state index < -0.39 is 0 Å². The maximum Gasteiger partial charge on any atom is 0.283 e. The number of allylic oxidation sites excluding steroid dienone is 1. The van der Waals surface area contributed by atoms with E-state index in [1.807, 2.05) is 57.2 Å². The lowest BCUT2D eigenvalue weighted by molar-refractivity contribution is 0.302. The molecular formula is C24H21N5O2S. The van der Waals surface area contributed by atoms with Gasteiger partial charge in [-0.05, 0) is 50.6 Å². The molecule has 0 bridgehead atoms. The summed E-state index contributed by atoms with van der Waals surface area (Å²) in [5.74, 6) is 1.04. The van der Waals surface area contributed by atoms with E-state index in [0.717, 1.165) is 39.4 Å². The van der Waals surface area contributed by atoms with Gasteiger partial charge in [0.05, 0.1) is 11.3 Å². The van der Waals surface area contributed by atoms with E-state index in [4.69, 9.17) is 10.5 Å². The summed E-state index contributed by atoms with van der Waals surface area (Å²) in [4.78, 5) is 22.1. The van der Waals surface area contributed by atoms with Crippen LogP contribution in [0.15, 0.2) is 52.3 Å². The summed E-state index contributed by atoms with van der Waals surface area (Å²) in [6.07, 6.45) is 1.77. The predicted molar refractivity (Wildman–Crippen MR) is 129 cm³/mol. The Balaban J connectivity index is 1.53. The molecular weight excluding hydrogens is 422 g/mol. The highest BCUT2D eigenvalue weighted by molar-refractivity contribution is 7.16. The molecule has 1 aliphatic heterocycles. The number of nitrogens with zero attached hydrogens (tertiary/aromatic N) is 4. The number of nitrogens with two attached hydrogens (primary N) is 1. The van der Waals surface area contributed by atoms with Gasteiger partial charge in [-0.15, -0.1) is 0 Å². The zero-order valence-corrected chi connectivity index (χ0v) is 18.7. The van der Waals surface area contributed by atoms with Gasteiger partial charge in [-0.25, -0.2) is 0 Å². The number of aryl methyl sites for hydroxylation is 2. The molecule has 7 nitrogen and oxygen atoms in total. The van der Waals surface area contributed by atoms with Gasteiger partial charge in [0.2, 0.25) is 4.96 Å². The molecule has 2 N–H and O–H groups in total. The lowest BCUT2D eigenvalue weighted by atomic mass is 9.99. The molecule has 8 heteroatoms. The average Bonchev–Trinajstić information content (AvgIpc) is 3.30. The number of nitrogen functional groups attached to an aromatic ring is 1. The number of aromatic nitrogens is 3. The second-order valence-corrected chi connectivity index (χ2v) is 8.78. The fourth-order valence-corrected chi connectivity index (χ4v) is 4.50. The highest BCUT2D eigenvalue weighted by Gasteiger charge is 2.20. The van der Waals surface area contributed by atoms with Gasteiger partial charge < -0.3 is 10.5 Å². The number of fused-ring (bicyclic) bond motifs is 2. The lowest BCUT2D eigenvalue weighted by Crippen LogP contribution is -2.17. The summed E-state index contributed by atoms with van der Waals surface area (Å²) in [6, 6.07) is 13.8. The lowest BCUT2D eigenvalue weighted by Gasteiger charge is -2.06. The van der Waals surface area contributed by atoms with Crippen molar-refractivity contribution in [3.8, 4) is 5.75 Å². The van der Waals surface area contributed by atoms with E-state index in [1.165, 1.54) is 15.9 Å². The molecule has 3 heterocycles. The topological polar surface area (TPSA) is 94.9 Å². The molecule has 0 fully saturated rings. The zero-order chi connectivity index (χ0) is 22.4. The van der Waals surface area contributed by atoms with Gasteiger partial charge in [-0.2, -0.15) is 14.6 Å². The maximum atomic E-state index is 12.8. The standard InChI is InChI=1S/C24H21N5O2S/c1-13-8-9-19-17(10-13)16(15(3)26-19)11-18-22(25)29-24(27-23(18)30)32-21(28-29)12-31-20-7-5-4-6-14(20)2/h4-11H,12,25H2,1-3H3/b16-11+. The third kappa shape index (κ3) is 3.48. The largest absolute Gasteiger partial charge is 0.486 e. The van der Waals surface area contributed by atoms with Crippen molar-refractivity contribution in [2.24, 2.45) is 4.99 Å². The highest BCUT2D eigenvalue weighted by Crippen LogP contribution is 2.36. The molecule has 0 atom stereocenters. The average molecular weight is 444 g/mol. The number of rotatable bonds is 4. The summed E-state index contributed by atoms with van der Waals surface area (Å²) in [6.45, 7) is 6.20. The Morgan fingerprint density at radius 2 is 1.97 bits per heavy atom. The van der Waals surface area contributed by atoms with Crippen LogP contribution in [-0.4, -0.2) is 20.3 Å². The fourth-order valence-electron chi connectivity index (χ4n) is 3.70. The van der Waals surface area contributed by atoms with Crippen molar-refractivity contribution in [2.45, 2.75) is 27.4 Å². The smallest absolute Gasteiger partial charge is 0.283 e.